The van der Waals surface area contributed by atoms with Gasteiger partial charge in [0.1, 0.15) is 0 Å². The molecule has 2 aromatic carbocycles. The van der Waals surface area contributed by atoms with Crippen molar-refractivity contribution in [1.82, 2.24) is 4.90 Å². The van der Waals surface area contributed by atoms with Gasteiger partial charge in [-0.05, 0) is 68.6 Å². The molecule has 1 fully saturated rings. The third-order valence-corrected chi connectivity index (χ3v) is 5.07. The molecule has 0 unspecified atom stereocenters. The van der Waals surface area contributed by atoms with Gasteiger partial charge in [-0.15, -0.1) is 0 Å². The summed E-state index contributed by atoms with van der Waals surface area (Å²) in [6.45, 7) is 7.58. The van der Waals surface area contributed by atoms with Gasteiger partial charge in [0.05, 0.1) is 6.54 Å². The van der Waals surface area contributed by atoms with Crippen LogP contribution in [0.25, 0.3) is 0 Å². The molecule has 1 N–H and O–H groups in total. The number of carbonyl (C=O) groups is 1. The molecule has 4 nitrogen and oxygen atoms in total. The first-order valence-corrected chi connectivity index (χ1v) is 9.41. The Bertz CT molecular complexity index is 766. The molecule has 1 amide bonds. The van der Waals surface area contributed by atoms with E-state index in [1.165, 1.54) is 29.7 Å². The van der Waals surface area contributed by atoms with E-state index in [1.54, 1.807) is 0 Å². The smallest absolute Gasteiger partial charge is 0.238 e. The minimum absolute atomic E-state index is 0.0260. The van der Waals surface area contributed by atoms with Crippen LogP contribution < -0.4 is 10.2 Å². The monoisotopic (exact) mass is 351 g/mol. The van der Waals surface area contributed by atoms with Crippen LogP contribution in [-0.2, 0) is 11.3 Å². The van der Waals surface area contributed by atoms with Gasteiger partial charge >= 0.3 is 0 Å². The topological polar surface area (TPSA) is 35.6 Å². The number of hydrogen-bond acceptors (Lipinski definition) is 3. The number of nitrogens with one attached hydrogen (secondary N) is 1. The maximum atomic E-state index is 12.4. The number of likely N-dealkylation sites (N-methyl/N-ethyl adjacent to an activating group) is 1. The molecule has 138 valence electrons. The van der Waals surface area contributed by atoms with Crippen LogP contribution in [0.2, 0.25) is 0 Å². The first-order chi connectivity index (χ1) is 12.5. The van der Waals surface area contributed by atoms with Crippen molar-refractivity contribution in [3.8, 4) is 0 Å². The summed E-state index contributed by atoms with van der Waals surface area (Å²) >= 11 is 0. The lowest BCUT2D eigenvalue weighted by atomic mass is 10.1. The van der Waals surface area contributed by atoms with Gasteiger partial charge in [-0.2, -0.15) is 0 Å². The van der Waals surface area contributed by atoms with E-state index in [-0.39, 0.29) is 5.91 Å². The van der Waals surface area contributed by atoms with Crippen molar-refractivity contribution in [3.63, 3.8) is 0 Å². The lowest BCUT2D eigenvalue weighted by molar-refractivity contribution is -0.117. The van der Waals surface area contributed by atoms with Crippen LogP contribution in [0.4, 0.5) is 11.4 Å². The molecule has 4 heteroatoms. The van der Waals surface area contributed by atoms with Gasteiger partial charge in [0.2, 0.25) is 5.91 Å². The lowest BCUT2D eigenvalue weighted by Gasteiger charge is -2.20. The summed E-state index contributed by atoms with van der Waals surface area (Å²) < 4.78 is 0. The number of anilines is 2. The van der Waals surface area contributed by atoms with E-state index in [0.29, 0.717) is 6.54 Å². The number of rotatable bonds is 6. The van der Waals surface area contributed by atoms with Crippen molar-refractivity contribution >= 4 is 17.3 Å². The average Bonchev–Trinajstić information content (AvgIpc) is 3.13. The van der Waals surface area contributed by atoms with Gasteiger partial charge in [0.15, 0.2) is 0 Å². The Morgan fingerprint density at radius 3 is 2.50 bits per heavy atom. The van der Waals surface area contributed by atoms with E-state index in [9.17, 15) is 4.79 Å². The Hall–Kier alpha value is -2.33. The van der Waals surface area contributed by atoms with Crippen LogP contribution in [0.15, 0.2) is 42.5 Å². The van der Waals surface area contributed by atoms with Gasteiger partial charge in [-0.25, -0.2) is 0 Å². The normalized spacial score (nSPS) is 14.1. The second kappa shape index (κ2) is 8.37. The molecule has 0 radical (unpaired) electrons. The van der Waals surface area contributed by atoms with E-state index in [2.05, 4.69) is 48.3 Å². The van der Waals surface area contributed by atoms with Crippen LogP contribution in [0.5, 0.6) is 0 Å². The maximum Gasteiger partial charge on any atom is 0.238 e. The predicted octanol–water partition coefficient (Wildman–Crippen LogP) is 3.97. The molecule has 0 bridgehead atoms. The Morgan fingerprint density at radius 1 is 1.08 bits per heavy atom. The first kappa shape index (κ1) is 18.5. The van der Waals surface area contributed by atoms with E-state index in [4.69, 9.17) is 0 Å². The number of aryl methyl sites for hydroxylation is 2. The van der Waals surface area contributed by atoms with Crippen molar-refractivity contribution in [2.45, 2.75) is 33.2 Å². The molecular formula is C22H29N3O. The van der Waals surface area contributed by atoms with Crippen LogP contribution in [0, 0.1) is 13.8 Å². The fraction of sp³-hybridized carbons (Fsp3) is 0.409. The highest BCUT2D eigenvalue weighted by Crippen LogP contribution is 2.25. The molecule has 1 aliphatic heterocycles. The van der Waals surface area contributed by atoms with Gasteiger partial charge in [0.25, 0.3) is 0 Å². The first-order valence-electron chi connectivity index (χ1n) is 9.41. The number of nitrogens with zero attached hydrogens (tertiary/aromatic N) is 2. The molecular weight excluding hydrogens is 322 g/mol. The number of hydrogen-bond donors (Lipinski definition) is 1. The van der Waals surface area contributed by atoms with E-state index < -0.39 is 0 Å². The maximum absolute atomic E-state index is 12.4. The molecule has 1 heterocycles. The fourth-order valence-corrected chi connectivity index (χ4v) is 3.53. The van der Waals surface area contributed by atoms with Gasteiger partial charge in [-0.3, -0.25) is 9.69 Å². The largest absolute Gasteiger partial charge is 0.372 e. The van der Waals surface area contributed by atoms with Crippen LogP contribution in [-0.4, -0.2) is 37.5 Å². The predicted molar refractivity (Wildman–Crippen MR) is 109 cm³/mol. The SMILES string of the molecule is Cc1ccccc1CN(C)CC(=O)Nc1ccc(N2CCCC2)cc1C. The minimum Gasteiger partial charge on any atom is -0.372 e. The molecule has 1 aliphatic rings. The third kappa shape index (κ3) is 4.64. The fourth-order valence-electron chi connectivity index (χ4n) is 3.53. The Morgan fingerprint density at radius 2 is 1.81 bits per heavy atom. The van der Waals surface area contributed by atoms with Gasteiger partial charge < -0.3 is 10.2 Å². The van der Waals surface area contributed by atoms with Crippen molar-refractivity contribution in [1.29, 1.82) is 0 Å². The number of carbonyl (C=O) groups excluding carboxylic acids is 1. The molecule has 26 heavy (non-hydrogen) atoms. The Labute approximate surface area is 156 Å². The summed E-state index contributed by atoms with van der Waals surface area (Å²) in [4.78, 5) is 16.9. The van der Waals surface area contributed by atoms with Crippen molar-refractivity contribution < 1.29 is 4.79 Å². The van der Waals surface area contributed by atoms with Crippen molar-refractivity contribution in [2.24, 2.45) is 0 Å². The minimum atomic E-state index is 0.0260. The van der Waals surface area contributed by atoms with Gasteiger partial charge in [0, 0.05) is 31.0 Å². The summed E-state index contributed by atoms with van der Waals surface area (Å²) in [5, 5.41) is 3.06. The molecule has 3 rings (SSSR count). The Kier molecular flexibility index (Phi) is 5.94. The zero-order chi connectivity index (χ0) is 18.5. The van der Waals surface area contributed by atoms with Crippen molar-refractivity contribution in [3.05, 3.63) is 59.2 Å². The summed E-state index contributed by atoms with van der Waals surface area (Å²) in [5.41, 5.74) is 5.79. The third-order valence-electron chi connectivity index (χ3n) is 5.07. The van der Waals surface area contributed by atoms with E-state index in [0.717, 1.165) is 30.9 Å². The highest BCUT2D eigenvalue weighted by Gasteiger charge is 2.14. The number of benzene rings is 2. The molecule has 0 aromatic heterocycles. The van der Waals surface area contributed by atoms with Crippen LogP contribution >= 0.6 is 0 Å². The lowest BCUT2D eigenvalue weighted by Crippen LogP contribution is -2.30. The average molecular weight is 351 g/mol. The second-order valence-corrected chi connectivity index (χ2v) is 7.34. The molecule has 0 aliphatic carbocycles. The molecule has 0 saturated carbocycles. The molecule has 0 atom stereocenters. The van der Waals surface area contributed by atoms with E-state index in [1.807, 2.05) is 30.1 Å². The summed E-state index contributed by atoms with van der Waals surface area (Å²) in [5.74, 6) is 0.0260. The molecule has 1 saturated heterocycles. The molecule has 2 aromatic rings. The quantitative estimate of drug-likeness (QED) is 0.855. The summed E-state index contributed by atoms with van der Waals surface area (Å²) in [6, 6.07) is 14.6. The zero-order valence-corrected chi connectivity index (χ0v) is 16.1. The Balaban J connectivity index is 1.56. The van der Waals surface area contributed by atoms with Gasteiger partial charge in [-0.1, -0.05) is 24.3 Å². The van der Waals surface area contributed by atoms with Crippen LogP contribution in [0.3, 0.4) is 0 Å². The van der Waals surface area contributed by atoms with Crippen molar-refractivity contribution in [2.75, 3.05) is 36.9 Å². The molecule has 0 spiro atoms. The zero-order valence-electron chi connectivity index (χ0n) is 16.1. The highest BCUT2D eigenvalue weighted by molar-refractivity contribution is 5.93. The van der Waals surface area contributed by atoms with Crippen LogP contribution in [0.1, 0.15) is 29.5 Å². The summed E-state index contributed by atoms with van der Waals surface area (Å²) in [7, 11) is 1.98. The standard InChI is InChI=1S/C22H29N3O/c1-17-8-4-5-9-19(17)15-24(3)16-22(26)23-21-11-10-20(14-18(21)2)25-12-6-7-13-25/h4-5,8-11,14H,6-7,12-13,15-16H2,1-3H3,(H,23,26). The van der Waals surface area contributed by atoms with E-state index >= 15 is 0 Å². The second-order valence-electron chi connectivity index (χ2n) is 7.34. The highest BCUT2D eigenvalue weighted by atomic mass is 16.2. The number of amides is 1. The summed E-state index contributed by atoms with van der Waals surface area (Å²) in [6.07, 6.45) is 2.54.